The van der Waals surface area contributed by atoms with Gasteiger partial charge in [-0.2, -0.15) is 0 Å². The summed E-state index contributed by atoms with van der Waals surface area (Å²) in [5, 5.41) is 3.75. The minimum atomic E-state index is 0.270. The minimum absolute atomic E-state index is 0.270. The van der Waals surface area contributed by atoms with E-state index >= 15 is 0 Å². The second kappa shape index (κ2) is 8.31. The molecule has 0 bridgehead atoms. The lowest BCUT2D eigenvalue weighted by Crippen LogP contribution is -2.01. The molecule has 0 aliphatic heterocycles. The first-order chi connectivity index (χ1) is 13.8. The van der Waals surface area contributed by atoms with Crippen LogP contribution in [0.1, 0.15) is 11.1 Å². The number of nitrogens with zero attached hydrogens (tertiary/aromatic N) is 1. The van der Waals surface area contributed by atoms with E-state index in [4.69, 9.17) is 19.7 Å². The van der Waals surface area contributed by atoms with Gasteiger partial charge in [0.15, 0.2) is 11.5 Å². The molecule has 0 amide bonds. The Labute approximate surface area is 163 Å². The maximum absolute atomic E-state index is 6.07. The molecule has 0 fully saturated rings. The molecule has 0 unspecified atom stereocenters. The number of nitrogens with two attached hydrogens (primary N) is 1. The molecule has 5 nitrogen and oxygen atoms in total. The van der Waals surface area contributed by atoms with Gasteiger partial charge in [-0.05, 0) is 28.8 Å². The Bertz CT molecular complexity index is 1030. The van der Waals surface area contributed by atoms with Crippen LogP contribution >= 0.6 is 0 Å². The molecule has 0 aliphatic rings. The smallest absolute Gasteiger partial charge is 0.229 e. The number of anilines is 1. The van der Waals surface area contributed by atoms with Crippen molar-refractivity contribution in [1.29, 1.82) is 0 Å². The zero-order valence-corrected chi connectivity index (χ0v) is 15.2. The molecular formula is C23H20N2O3. The Morgan fingerprint density at radius 2 is 1.36 bits per heavy atom. The molecule has 0 aliphatic carbocycles. The monoisotopic (exact) mass is 372 g/mol. The first-order valence-electron chi connectivity index (χ1n) is 8.97. The first kappa shape index (κ1) is 17.7. The van der Waals surface area contributed by atoms with Crippen LogP contribution in [0.4, 0.5) is 5.88 Å². The Balaban J connectivity index is 1.59. The van der Waals surface area contributed by atoms with Gasteiger partial charge in [-0.25, -0.2) is 0 Å². The lowest BCUT2D eigenvalue weighted by Gasteiger charge is -2.14. The van der Waals surface area contributed by atoms with Crippen molar-refractivity contribution in [2.75, 3.05) is 5.73 Å². The summed E-state index contributed by atoms with van der Waals surface area (Å²) in [5.41, 5.74) is 9.60. The van der Waals surface area contributed by atoms with Crippen molar-refractivity contribution in [3.63, 3.8) is 0 Å². The van der Waals surface area contributed by atoms with Crippen LogP contribution in [-0.4, -0.2) is 5.16 Å². The predicted molar refractivity (Wildman–Crippen MR) is 108 cm³/mol. The summed E-state index contributed by atoms with van der Waals surface area (Å²) in [6.45, 7) is 0.891. The lowest BCUT2D eigenvalue weighted by atomic mass is 10.1. The molecule has 4 aromatic rings. The normalized spacial score (nSPS) is 10.6. The third-order valence-electron chi connectivity index (χ3n) is 4.33. The fourth-order valence-corrected chi connectivity index (χ4v) is 2.84. The van der Waals surface area contributed by atoms with Gasteiger partial charge in [0.1, 0.15) is 13.2 Å². The summed E-state index contributed by atoms with van der Waals surface area (Å²) in [4.78, 5) is 0. The standard InChI is InChI=1S/C23H20N2O3/c24-23-20(14-25-28-23)19-11-12-21(26-15-17-7-3-1-4-8-17)22(13-19)27-16-18-9-5-2-6-10-18/h1-14H,15-16,24H2. The van der Waals surface area contributed by atoms with Gasteiger partial charge in [0.2, 0.25) is 5.88 Å². The predicted octanol–water partition coefficient (Wildman–Crippen LogP) is 5.08. The van der Waals surface area contributed by atoms with E-state index in [9.17, 15) is 0 Å². The molecule has 5 heteroatoms. The lowest BCUT2D eigenvalue weighted by molar-refractivity contribution is 0.256. The van der Waals surface area contributed by atoms with Crippen LogP contribution in [0.5, 0.6) is 11.5 Å². The molecule has 0 saturated carbocycles. The highest BCUT2D eigenvalue weighted by atomic mass is 16.5. The van der Waals surface area contributed by atoms with Crippen LogP contribution in [-0.2, 0) is 13.2 Å². The van der Waals surface area contributed by atoms with Crippen LogP contribution in [0, 0.1) is 0 Å². The zero-order chi connectivity index (χ0) is 19.2. The molecule has 0 radical (unpaired) electrons. The van der Waals surface area contributed by atoms with Crippen LogP contribution in [0.3, 0.4) is 0 Å². The van der Waals surface area contributed by atoms with Gasteiger partial charge < -0.3 is 19.7 Å². The van der Waals surface area contributed by atoms with Crippen molar-refractivity contribution in [3.8, 4) is 22.6 Å². The average Bonchev–Trinajstić information content (AvgIpc) is 3.18. The number of ether oxygens (including phenoxy) is 2. The zero-order valence-electron chi connectivity index (χ0n) is 15.2. The van der Waals surface area contributed by atoms with Gasteiger partial charge in [-0.1, -0.05) is 71.9 Å². The van der Waals surface area contributed by atoms with Gasteiger partial charge in [-0.15, -0.1) is 0 Å². The molecule has 1 aromatic heterocycles. The van der Waals surface area contributed by atoms with E-state index in [0.29, 0.717) is 24.7 Å². The van der Waals surface area contributed by atoms with Crippen molar-refractivity contribution in [2.45, 2.75) is 13.2 Å². The van der Waals surface area contributed by atoms with Gasteiger partial charge in [0.25, 0.3) is 0 Å². The second-order valence-electron chi connectivity index (χ2n) is 6.31. The fourth-order valence-electron chi connectivity index (χ4n) is 2.84. The number of rotatable bonds is 7. The molecule has 140 valence electrons. The number of benzene rings is 3. The Kier molecular flexibility index (Phi) is 5.24. The second-order valence-corrected chi connectivity index (χ2v) is 6.31. The summed E-state index contributed by atoms with van der Waals surface area (Å²) in [6, 6.07) is 25.7. The number of hydrogen-bond donors (Lipinski definition) is 1. The van der Waals surface area contributed by atoms with E-state index in [0.717, 1.165) is 22.3 Å². The molecule has 2 N–H and O–H groups in total. The summed E-state index contributed by atoms with van der Waals surface area (Å²) >= 11 is 0. The third-order valence-corrected chi connectivity index (χ3v) is 4.33. The topological polar surface area (TPSA) is 70.5 Å². The Hall–Kier alpha value is -3.73. The molecular weight excluding hydrogens is 352 g/mol. The summed E-state index contributed by atoms with van der Waals surface area (Å²) in [5.74, 6) is 1.57. The van der Waals surface area contributed by atoms with Crippen LogP contribution < -0.4 is 15.2 Å². The molecule has 3 aromatic carbocycles. The molecule has 4 rings (SSSR count). The van der Waals surface area contributed by atoms with Gasteiger partial charge in [0, 0.05) is 0 Å². The van der Waals surface area contributed by atoms with E-state index in [-0.39, 0.29) is 5.88 Å². The molecule has 0 spiro atoms. The van der Waals surface area contributed by atoms with Crippen LogP contribution in [0.2, 0.25) is 0 Å². The third kappa shape index (κ3) is 4.15. The Morgan fingerprint density at radius 3 is 1.93 bits per heavy atom. The SMILES string of the molecule is Nc1oncc1-c1ccc(OCc2ccccc2)c(OCc2ccccc2)c1. The Morgan fingerprint density at radius 1 is 0.750 bits per heavy atom. The van der Waals surface area contributed by atoms with Gasteiger partial charge >= 0.3 is 0 Å². The minimum Gasteiger partial charge on any atom is -0.485 e. The van der Waals surface area contributed by atoms with Crippen LogP contribution in [0.15, 0.2) is 89.6 Å². The number of aromatic nitrogens is 1. The molecule has 28 heavy (non-hydrogen) atoms. The van der Waals surface area contributed by atoms with E-state index in [1.165, 1.54) is 0 Å². The van der Waals surface area contributed by atoms with Crippen molar-refractivity contribution in [1.82, 2.24) is 5.16 Å². The summed E-state index contributed by atoms with van der Waals surface area (Å²) < 4.78 is 17.1. The molecule has 1 heterocycles. The van der Waals surface area contributed by atoms with Gasteiger partial charge in [-0.3, -0.25) is 0 Å². The van der Waals surface area contributed by atoms with Crippen molar-refractivity contribution >= 4 is 5.88 Å². The van der Waals surface area contributed by atoms with Crippen molar-refractivity contribution in [3.05, 3.63) is 96.2 Å². The summed E-state index contributed by atoms with van der Waals surface area (Å²) in [6.07, 6.45) is 1.59. The first-order valence-corrected chi connectivity index (χ1v) is 8.97. The molecule has 0 saturated heterocycles. The highest BCUT2D eigenvalue weighted by Gasteiger charge is 2.13. The highest BCUT2D eigenvalue weighted by Crippen LogP contribution is 2.35. The largest absolute Gasteiger partial charge is 0.485 e. The molecule has 0 atom stereocenters. The quantitative estimate of drug-likeness (QED) is 0.490. The maximum Gasteiger partial charge on any atom is 0.229 e. The summed E-state index contributed by atoms with van der Waals surface area (Å²) in [7, 11) is 0. The number of hydrogen-bond acceptors (Lipinski definition) is 5. The van der Waals surface area contributed by atoms with Crippen molar-refractivity contribution < 1.29 is 14.0 Å². The van der Waals surface area contributed by atoms with E-state index in [1.54, 1.807) is 6.20 Å². The van der Waals surface area contributed by atoms with E-state index in [1.807, 2.05) is 78.9 Å². The van der Waals surface area contributed by atoms with Gasteiger partial charge in [0.05, 0.1) is 11.8 Å². The van der Waals surface area contributed by atoms with E-state index < -0.39 is 0 Å². The highest BCUT2D eigenvalue weighted by molar-refractivity contribution is 5.74. The maximum atomic E-state index is 6.07. The van der Waals surface area contributed by atoms with E-state index in [2.05, 4.69) is 5.16 Å². The van der Waals surface area contributed by atoms with Crippen LogP contribution in [0.25, 0.3) is 11.1 Å². The van der Waals surface area contributed by atoms with Crippen molar-refractivity contribution in [2.24, 2.45) is 0 Å². The fraction of sp³-hybridized carbons (Fsp3) is 0.0870. The number of nitrogen functional groups attached to an aromatic ring is 1. The average molecular weight is 372 g/mol.